The summed E-state index contributed by atoms with van der Waals surface area (Å²) in [6, 6.07) is 0. The van der Waals surface area contributed by atoms with Crippen molar-refractivity contribution in [1.29, 1.82) is 0 Å². The molecule has 2 atom stereocenters. The van der Waals surface area contributed by atoms with Crippen molar-refractivity contribution in [3.8, 4) is 0 Å². The Morgan fingerprint density at radius 1 is 1.53 bits per heavy atom. The maximum absolute atomic E-state index is 12.8. The van der Waals surface area contributed by atoms with Crippen LogP contribution in [0, 0.1) is 0 Å². The SMILES string of the molecule is CC1CCC(Cn2nnc(C(=O)O)c2C(F)(F)F)O1. The van der Waals surface area contributed by atoms with Crippen molar-refractivity contribution >= 4 is 5.97 Å². The molecular formula is C10H12F3N3O3. The largest absolute Gasteiger partial charge is 0.476 e. The second kappa shape index (κ2) is 4.80. The van der Waals surface area contributed by atoms with Gasteiger partial charge in [-0.3, -0.25) is 0 Å². The first kappa shape index (κ1) is 13.8. The number of nitrogens with zero attached hydrogens (tertiary/aromatic N) is 3. The van der Waals surface area contributed by atoms with E-state index in [1.54, 1.807) is 0 Å². The van der Waals surface area contributed by atoms with Gasteiger partial charge >= 0.3 is 12.1 Å². The van der Waals surface area contributed by atoms with Crippen LogP contribution in [-0.4, -0.2) is 38.3 Å². The minimum Gasteiger partial charge on any atom is -0.476 e. The summed E-state index contributed by atoms with van der Waals surface area (Å²) in [5, 5.41) is 15.1. The molecule has 6 nitrogen and oxygen atoms in total. The summed E-state index contributed by atoms with van der Waals surface area (Å²) in [5.41, 5.74) is -2.43. The van der Waals surface area contributed by atoms with Gasteiger partial charge in [-0.15, -0.1) is 5.10 Å². The molecule has 1 aromatic rings. The van der Waals surface area contributed by atoms with E-state index in [0.29, 0.717) is 11.1 Å². The molecule has 0 amide bonds. The lowest BCUT2D eigenvalue weighted by molar-refractivity contribution is -0.145. The Labute approximate surface area is 106 Å². The number of aromatic carboxylic acids is 1. The van der Waals surface area contributed by atoms with Crippen LogP contribution in [0.5, 0.6) is 0 Å². The first-order chi connectivity index (χ1) is 8.79. The standard InChI is InChI=1S/C10H12F3N3O3/c1-5-2-3-6(19-5)4-16-8(10(11,12)13)7(9(17)18)14-15-16/h5-6H,2-4H2,1H3,(H,17,18). The molecule has 0 aliphatic carbocycles. The molecule has 0 radical (unpaired) electrons. The monoisotopic (exact) mass is 279 g/mol. The molecule has 1 N–H and O–H groups in total. The van der Waals surface area contributed by atoms with E-state index in [1.807, 2.05) is 6.92 Å². The van der Waals surface area contributed by atoms with Crippen molar-refractivity contribution < 1.29 is 27.8 Å². The normalized spacial score (nSPS) is 23.8. The van der Waals surface area contributed by atoms with E-state index >= 15 is 0 Å². The van der Waals surface area contributed by atoms with Gasteiger partial charge in [-0.25, -0.2) is 9.48 Å². The summed E-state index contributed by atoms with van der Waals surface area (Å²) in [6.45, 7) is 1.67. The van der Waals surface area contributed by atoms with Crippen molar-refractivity contribution in [2.45, 2.75) is 44.7 Å². The maximum atomic E-state index is 12.8. The van der Waals surface area contributed by atoms with Crippen molar-refractivity contribution in [2.75, 3.05) is 0 Å². The smallest absolute Gasteiger partial charge is 0.435 e. The van der Waals surface area contributed by atoms with E-state index in [2.05, 4.69) is 10.3 Å². The Kier molecular flexibility index (Phi) is 3.48. The van der Waals surface area contributed by atoms with Crippen LogP contribution >= 0.6 is 0 Å². The molecule has 0 saturated carbocycles. The number of carboxylic acid groups (broad SMARTS) is 1. The third kappa shape index (κ3) is 2.86. The summed E-state index contributed by atoms with van der Waals surface area (Å²) >= 11 is 0. The quantitative estimate of drug-likeness (QED) is 0.908. The van der Waals surface area contributed by atoms with E-state index in [1.165, 1.54) is 0 Å². The lowest BCUT2D eigenvalue weighted by Crippen LogP contribution is -2.24. The van der Waals surface area contributed by atoms with E-state index in [-0.39, 0.29) is 12.6 Å². The number of hydrogen-bond acceptors (Lipinski definition) is 4. The van der Waals surface area contributed by atoms with Crippen molar-refractivity contribution in [2.24, 2.45) is 0 Å². The van der Waals surface area contributed by atoms with E-state index < -0.39 is 29.6 Å². The molecule has 106 valence electrons. The van der Waals surface area contributed by atoms with Gasteiger partial charge in [0.2, 0.25) is 5.69 Å². The summed E-state index contributed by atoms with van der Waals surface area (Å²) in [6.07, 6.45) is -3.87. The zero-order chi connectivity index (χ0) is 14.2. The highest BCUT2D eigenvalue weighted by Crippen LogP contribution is 2.32. The first-order valence-electron chi connectivity index (χ1n) is 5.68. The molecule has 2 heterocycles. The van der Waals surface area contributed by atoms with Crippen molar-refractivity contribution in [1.82, 2.24) is 15.0 Å². The molecule has 0 spiro atoms. The van der Waals surface area contributed by atoms with E-state index in [9.17, 15) is 18.0 Å². The summed E-state index contributed by atoms with van der Waals surface area (Å²) < 4.78 is 44.5. The maximum Gasteiger partial charge on any atom is 0.435 e. The summed E-state index contributed by atoms with van der Waals surface area (Å²) in [4.78, 5) is 10.7. The number of halogens is 3. The number of alkyl halides is 3. The molecule has 2 rings (SSSR count). The average Bonchev–Trinajstić information content (AvgIpc) is 2.84. The third-order valence-electron chi connectivity index (χ3n) is 2.90. The summed E-state index contributed by atoms with van der Waals surface area (Å²) in [7, 11) is 0. The molecule has 1 aliphatic heterocycles. The third-order valence-corrected chi connectivity index (χ3v) is 2.90. The minimum absolute atomic E-state index is 0.0122. The first-order valence-corrected chi connectivity index (χ1v) is 5.68. The minimum atomic E-state index is -4.82. The lowest BCUT2D eigenvalue weighted by Gasteiger charge is -2.14. The zero-order valence-electron chi connectivity index (χ0n) is 10.0. The Balaban J connectivity index is 2.28. The second-order valence-corrected chi connectivity index (χ2v) is 4.42. The fourth-order valence-electron chi connectivity index (χ4n) is 2.08. The van der Waals surface area contributed by atoms with Gasteiger partial charge in [0, 0.05) is 0 Å². The van der Waals surface area contributed by atoms with E-state index in [4.69, 9.17) is 9.84 Å². The molecule has 1 fully saturated rings. The number of carboxylic acids is 1. The van der Waals surface area contributed by atoms with Gasteiger partial charge in [0.1, 0.15) is 0 Å². The number of carbonyl (C=O) groups is 1. The fraction of sp³-hybridized carbons (Fsp3) is 0.700. The van der Waals surface area contributed by atoms with Crippen molar-refractivity contribution in [3.63, 3.8) is 0 Å². The molecule has 0 aromatic carbocycles. The van der Waals surface area contributed by atoms with Gasteiger partial charge in [0.15, 0.2) is 5.69 Å². The van der Waals surface area contributed by atoms with Crippen LogP contribution in [0.3, 0.4) is 0 Å². The zero-order valence-corrected chi connectivity index (χ0v) is 10.0. The highest BCUT2D eigenvalue weighted by Gasteiger charge is 2.42. The predicted molar refractivity (Wildman–Crippen MR) is 55.6 cm³/mol. The molecule has 0 bridgehead atoms. The van der Waals surface area contributed by atoms with Gasteiger partial charge < -0.3 is 9.84 Å². The molecule has 1 aromatic heterocycles. The number of ether oxygens (including phenoxy) is 1. The number of aromatic nitrogens is 3. The van der Waals surface area contributed by atoms with Gasteiger partial charge in [-0.1, -0.05) is 5.21 Å². The molecule has 19 heavy (non-hydrogen) atoms. The van der Waals surface area contributed by atoms with E-state index in [0.717, 1.165) is 6.42 Å². The van der Waals surface area contributed by atoms with Crippen LogP contribution < -0.4 is 0 Å². The van der Waals surface area contributed by atoms with Crippen LogP contribution in [0.4, 0.5) is 13.2 Å². The Morgan fingerprint density at radius 2 is 2.21 bits per heavy atom. The Hall–Kier alpha value is -1.64. The van der Waals surface area contributed by atoms with Crippen LogP contribution in [0.15, 0.2) is 0 Å². The average molecular weight is 279 g/mol. The molecule has 9 heteroatoms. The van der Waals surface area contributed by atoms with Crippen LogP contribution in [0.2, 0.25) is 0 Å². The molecule has 1 aliphatic rings. The van der Waals surface area contributed by atoms with Crippen LogP contribution in [0.25, 0.3) is 0 Å². The van der Waals surface area contributed by atoms with Crippen LogP contribution in [-0.2, 0) is 17.5 Å². The lowest BCUT2D eigenvalue weighted by atomic mass is 10.2. The number of hydrogen-bond donors (Lipinski definition) is 1. The summed E-state index contributed by atoms with van der Waals surface area (Å²) in [5.74, 6) is -1.75. The Morgan fingerprint density at radius 3 is 2.68 bits per heavy atom. The predicted octanol–water partition coefficient (Wildman–Crippen LogP) is 1.56. The van der Waals surface area contributed by atoms with Gasteiger partial charge in [-0.2, -0.15) is 13.2 Å². The highest BCUT2D eigenvalue weighted by molar-refractivity contribution is 5.86. The van der Waals surface area contributed by atoms with Gasteiger partial charge in [0.05, 0.1) is 18.8 Å². The van der Waals surface area contributed by atoms with Gasteiger partial charge in [0.25, 0.3) is 0 Å². The number of rotatable bonds is 3. The Bertz CT molecular complexity index is 486. The second-order valence-electron chi connectivity index (χ2n) is 4.42. The van der Waals surface area contributed by atoms with Crippen LogP contribution in [0.1, 0.15) is 35.9 Å². The molecule has 1 saturated heterocycles. The van der Waals surface area contributed by atoms with Crippen molar-refractivity contribution in [3.05, 3.63) is 11.4 Å². The fourth-order valence-corrected chi connectivity index (χ4v) is 2.08. The molecular weight excluding hydrogens is 267 g/mol. The van der Waals surface area contributed by atoms with Gasteiger partial charge in [-0.05, 0) is 19.8 Å². The molecule has 2 unspecified atom stereocenters. The highest BCUT2D eigenvalue weighted by atomic mass is 19.4. The topological polar surface area (TPSA) is 77.2 Å².